The number of nitrogens with zero attached hydrogens (tertiary/aromatic N) is 3. The van der Waals surface area contributed by atoms with Gasteiger partial charge in [-0.15, -0.1) is 0 Å². The van der Waals surface area contributed by atoms with Crippen LogP contribution < -0.4 is 0 Å². The van der Waals surface area contributed by atoms with Gasteiger partial charge in [0.05, 0.1) is 17.7 Å². The van der Waals surface area contributed by atoms with E-state index in [4.69, 9.17) is 0 Å². The zero-order valence-corrected chi connectivity index (χ0v) is 11.3. The number of nitro benzene ring substituents is 1. The lowest BCUT2D eigenvalue weighted by atomic mass is 10.1. The van der Waals surface area contributed by atoms with E-state index in [9.17, 15) is 37.3 Å². The molecule has 1 aliphatic rings. The van der Waals surface area contributed by atoms with E-state index in [-0.39, 0.29) is 0 Å². The summed E-state index contributed by atoms with van der Waals surface area (Å²) in [4.78, 5) is 34.7. The van der Waals surface area contributed by atoms with E-state index < -0.39 is 59.7 Å². The molecular weight excluding hydrogens is 326 g/mol. The molecule has 1 aromatic carbocycles. The maximum absolute atomic E-state index is 13.0. The van der Waals surface area contributed by atoms with Crippen LogP contribution >= 0.6 is 0 Å². The summed E-state index contributed by atoms with van der Waals surface area (Å²) >= 11 is 0. The molecule has 0 spiro atoms. The van der Waals surface area contributed by atoms with Crippen LogP contribution in [0, 0.1) is 15.9 Å². The lowest BCUT2D eigenvalue weighted by Gasteiger charge is -2.19. The van der Waals surface area contributed by atoms with Crippen LogP contribution in [0.15, 0.2) is 18.2 Å². The van der Waals surface area contributed by atoms with Gasteiger partial charge in [-0.2, -0.15) is 13.2 Å². The molecule has 2 amide bonds. The minimum Gasteiger partial charge on any atom is -0.314 e. The molecule has 0 aromatic heterocycles. The first-order valence-corrected chi connectivity index (χ1v) is 6.16. The Labute approximate surface area is 126 Å². The molecule has 124 valence electrons. The molecule has 0 saturated carbocycles. The molecular formula is C12H9F4N3O4. The highest BCUT2D eigenvalue weighted by molar-refractivity contribution is 6.01. The first-order chi connectivity index (χ1) is 10.6. The molecule has 0 bridgehead atoms. The van der Waals surface area contributed by atoms with Gasteiger partial charge >= 0.3 is 6.18 Å². The molecule has 2 rings (SSSR count). The highest BCUT2D eigenvalue weighted by Crippen LogP contribution is 2.24. The molecule has 0 unspecified atom stereocenters. The van der Waals surface area contributed by atoms with Crippen LogP contribution in [0.1, 0.15) is 10.4 Å². The second-order valence-corrected chi connectivity index (χ2v) is 4.77. The first kappa shape index (κ1) is 16.6. The number of alkyl halides is 3. The maximum atomic E-state index is 13.0. The van der Waals surface area contributed by atoms with Crippen molar-refractivity contribution in [3.63, 3.8) is 0 Å². The van der Waals surface area contributed by atoms with Crippen molar-refractivity contribution in [1.29, 1.82) is 0 Å². The zero-order valence-electron chi connectivity index (χ0n) is 11.3. The van der Waals surface area contributed by atoms with Crippen molar-refractivity contribution in [2.75, 3.05) is 19.8 Å². The number of benzene rings is 1. The Morgan fingerprint density at radius 3 is 2.57 bits per heavy atom. The van der Waals surface area contributed by atoms with Gasteiger partial charge < -0.3 is 9.80 Å². The van der Waals surface area contributed by atoms with Gasteiger partial charge in [0, 0.05) is 0 Å². The molecule has 11 heteroatoms. The summed E-state index contributed by atoms with van der Waals surface area (Å²) in [5.41, 5.74) is -1.32. The Hall–Kier alpha value is -2.72. The summed E-state index contributed by atoms with van der Waals surface area (Å²) in [6.45, 7) is -2.81. The molecule has 0 radical (unpaired) electrons. The van der Waals surface area contributed by atoms with Crippen molar-refractivity contribution in [3.05, 3.63) is 39.7 Å². The lowest BCUT2D eigenvalue weighted by molar-refractivity contribution is -0.385. The summed E-state index contributed by atoms with van der Waals surface area (Å²) in [6, 6.07) is 2.19. The van der Waals surface area contributed by atoms with Crippen LogP contribution in [-0.2, 0) is 4.79 Å². The van der Waals surface area contributed by atoms with Gasteiger partial charge in [-0.3, -0.25) is 19.7 Å². The molecule has 7 nitrogen and oxygen atoms in total. The van der Waals surface area contributed by atoms with Crippen molar-refractivity contribution in [1.82, 2.24) is 9.80 Å². The number of carbonyl (C=O) groups excluding carboxylic acids is 2. The fourth-order valence-corrected chi connectivity index (χ4v) is 2.10. The van der Waals surface area contributed by atoms with Crippen LogP contribution in [0.5, 0.6) is 0 Å². The fraction of sp³-hybridized carbons (Fsp3) is 0.333. The number of hydrogen-bond acceptors (Lipinski definition) is 4. The second-order valence-electron chi connectivity index (χ2n) is 4.77. The number of halogens is 4. The minimum absolute atomic E-state index is 0.410. The maximum Gasteiger partial charge on any atom is 0.406 e. The molecule has 0 aliphatic carbocycles. The number of hydrogen-bond donors (Lipinski definition) is 0. The van der Waals surface area contributed by atoms with Gasteiger partial charge in [-0.25, -0.2) is 4.39 Å². The Morgan fingerprint density at radius 2 is 2.00 bits per heavy atom. The lowest BCUT2D eigenvalue weighted by Crippen LogP contribution is -2.37. The van der Waals surface area contributed by atoms with Crippen LogP contribution in [0.25, 0.3) is 0 Å². The Kier molecular flexibility index (Phi) is 4.21. The summed E-state index contributed by atoms with van der Waals surface area (Å²) in [6.07, 6.45) is -4.63. The van der Waals surface area contributed by atoms with Crippen LogP contribution in [0.3, 0.4) is 0 Å². The molecule has 1 aliphatic heterocycles. The molecule has 0 atom stereocenters. The summed E-state index contributed by atoms with van der Waals surface area (Å²) in [7, 11) is 0. The van der Waals surface area contributed by atoms with E-state index in [2.05, 4.69) is 0 Å². The van der Waals surface area contributed by atoms with Gasteiger partial charge in [0.25, 0.3) is 11.6 Å². The first-order valence-electron chi connectivity index (χ1n) is 6.16. The normalized spacial score (nSPS) is 15.2. The number of amides is 2. The smallest absolute Gasteiger partial charge is 0.314 e. The van der Waals surface area contributed by atoms with Gasteiger partial charge in [0.1, 0.15) is 24.5 Å². The average molecular weight is 335 g/mol. The van der Waals surface area contributed by atoms with Crippen LogP contribution in [0.2, 0.25) is 0 Å². The van der Waals surface area contributed by atoms with Gasteiger partial charge in [-0.05, 0) is 12.1 Å². The predicted molar refractivity (Wildman–Crippen MR) is 66.7 cm³/mol. The van der Waals surface area contributed by atoms with Crippen molar-refractivity contribution in [3.8, 4) is 0 Å². The monoisotopic (exact) mass is 335 g/mol. The zero-order chi connectivity index (χ0) is 17.4. The van der Waals surface area contributed by atoms with Crippen molar-refractivity contribution >= 4 is 17.5 Å². The molecule has 1 heterocycles. The molecule has 0 N–H and O–H groups in total. The molecule has 1 aromatic rings. The third-order valence-corrected chi connectivity index (χ3v) is 3.06. The number of carbonyl (C=O) groups is 2. The average Bonchev–Trinajstić information content (AvgIpc) is 2.77. The molecule has 1 fully saturated rings. The summed E-state index contributed by atoms with van der Waals surface area (Å²) in [5, 5.41) is 10.9. The highest BCUT2D eigenvalue weighted by Gasteiger charge is 2.40. The third-order valence-electron chi connectivity index (χ3n) is 3.06. The van der Waals surface area contributed by atoms with Gasteiger partial charge in [-0.1, -0.05) is 0 Å². The van der Waals surface area contributed by atoms with E-state index in [1.54, 1.807) is 0 Å². The fourth-order valence-electron chi connectivity index (χ4n) is 2.10. The highest BCUT2D eigenvalue weighted by atomic mass is 19.4. The van der Waals surface area contributed by atoms with E-state index in [0.717, 1.165) is 17.0 Å². The minimum atomic E-state index is -4.63. The van der Waals surface area contributed by atoms with E-state index >= 15 is 0 Å². The summed E-state index contributed by atoms with van der Waals surface area (Å²) < 4.78 is 50.0. The topological polar surface area (TPSA) is 83.8 Å². The van der Waals surface area contributed by atoms with E-state index in [0.29, 0.717) is 11.0 Å². The van der Waals surface area contributed by atoms with Crippen molar-refractivity contribution in [2.24, 2.45) is 0 Å². The van der Waals surface area contributed by atoms with E-state index in [1.807, 2.05) is 0 Å². The van der Waals surface area contributed by atoms with Crippen molar-refractivity contribution < 1.29 is 32.1 Å². The van der Waals surface area contributed by atoms with E-state index in [1.165, 1.54) is 0 Å². The van der Waals surface area contributed by atoms with Crippen LogP contribution in [-0.4, -0.2) is 52.5 Å². The van der Waals surface area contributed by atoms with Gasteiger partial charge in [0.2, 0.25) is 5.91 Å². The molecule has 23 heavy (non-hydrogen) atoms. The van der Waals surface area contributed by atoms with Crippen LogP contribution in [0.4, 0.5) is 23.2 Å². The Morgan fingerprint density at radius 1 is 1.35 bits per heavy atom. The number of rotatable bonds is 3. The third kappa shape index (κ3) is 3.73. The Balaban J connectivity index is 2.23. The SMILES string of the molecule is O=C1CN(C(=O)c2ccc(F)cc2[N+](=O)[O-])CN1CC(F)(F)F. The quantitative estimate of drug-likeness (QED) is 0.476. The standard InChI is InChI=1S/C12H9F4N3O4/c13-7-1-2-8(9(3-7)19(22)23)11(21)17-4-10(20)18(6-17)5-12(14,15)16/h1-3H,4-6H2. The van der Waals surface area contributed by atoms with Crippen molar-refractivity contribution in [2.45, 2.75) is 6.18 Å². The largest absolute Gasteiger partial charge is 0.406 e. The van der Waals surface area contributed by atoms with Gasteiger partial charge in [0.15, 0.2) is 0 Å². The predicted octanol–water partition coefficient (Wildman–Crippen LogP) is 1.54. The molecule has 1 saturated heterocycles. The second kappa shape index (κ2) is 5.82. The summed E-state index contributed by atoms with van der Waals surface area (Å²) in [5.74, 6) is -2.89. The number of nitro groups is 1. The Bertz CT molecular complexity index is 677.